The first-order valence-corrected chi connectivity index (χ1v) is 16.3. The first-order valence-electron chi connectivity index (χ1n) is 16.3. The summed E-state index contributed by atoms with van der Waals surface area (Å²) in [6.45, 7) is 14.6. The number of H-pyrrole nitrogens is 1. The minimum atomic E-state index is -1.76. The van der Waals surface area contributed by atoms with Crippen LogP contribution in [0.4, 0.5) is 29.1 Å². The van der Waals surface area contributed by atoms with Gasteiger partial charge in [0.15, 0.2) is 17.5 Å². The third kappa shape index (κ3) is 8.18. The van der Waals surface area contributed by atoms with Crippen molar-refractivity contribution in [3.8, 4) is 5.75 Å². The highest BCUT2D eigenvalue weighted by molar-refractivity contribution is 6.07. The van der Waals surface area contributed by atoms with Crippen LogP contribution in [0.25, 0.3) is 21.9 Å². The molecule has 3 heterocycles. The van der Waals surface area contributed by atoms with Crippen molar-refractivity contribution in [2.75, 3.05) is 56.6 Å². The van der Waals surface area contributed by atoms with Gasteiger partial charge in [-0.25, -0.2) is 18.7 Å². The molecule has 2 aromatic heterocycles. The number of aromatic amines is 1. The Labute approximate surface area is 277 Å². The van der Waals surface area contributed by atoms with E-state index in [4.69, 9.17) is 15.5 Å². The fourth-order valence-electron chi connectivity index (χ4n) is 6.12. The smallest absolute Gasteiger partial charge is 0.312 e. The van der Waals surface area contributed by atoms with Crippen LogP contribution >= 0.6 is 0 Å². The number of piperazine rings is 1. The molecule has 4 aromatic rings. The zero-order valence-electron chi connectivity index (χ0n) is 28.2. The summed E-state index contributed by atoms with van der Waals surface area (Å²) < 4.78 is 65.5. The number of nitrogens with one attached hydrogen (secondary N) is 1. The third-order valence-electron chi connectivity index (χ3n) is 8.54. The van der Waals surface area contributed by atoms with Gasteiger partial charge in [0.2, 0.25) is 17.4 Å². The number of aromatic nitrogens is 3. The largest absolute Gasteiger partial charge is 0.420 e. The predicted octanol–water partition coefficient (Wildman–Crippen LogP) is 6.78. The van der Waals surface area contributed by atoms with Crippen molar-refractivity contribution in [1.29, 1.82) is 0 Å². The second kappa shape index (κ2) is 14.3. The second-order valence-electron chi connectivity index (χ2n) is 14.2. The number of rotatable bonds is 13. The second-order valence-corrected chi connectivity index (χ2v) is 14.2. The number of nitrogens with two attached hydrogens (primary N) is 1. The number of imidazole rings is 1. The molecule has 3 N–H and O–H groups in total. The number of aryl methyl sites for hydroxylation is 1. The van der Waals surface area contributed by atoms with Crippen molar-refractivity contribution >= 4 is 39.4 Å². The Morgan fingerprint density at radius 3 is 2.29 bits per heavy atom. The van der Waals surface area contributed by atoms with Crippen LogP contribution in [0.3, 0.4) is 0 Å². The molecule has 0 bridgehead atoms. The van der Waals surface area contributed by atoms with Crippen molar-refractivity contribution in [2.24, 2.45) is 10.8 Å². The van der Waals surface area contributed by atoms with Gasteiger partial charge in [-0.15, -0.1) is 0 Å². The molecule has 260 valence electrons. The number of carbonyl (C=O) groups excluding carboxylic acids is 1. The van der Waals surface area contributed by atoms with Crippen LogP contribution in [0.5, 0.6) is 5.75 Å². The number of halogens is 4. The molecule has 1 aliphatic heterocycles. The molecule has 1 fully saturated rings. The summed E-state index contributed by atoms with van der Waals surface area (Å²) in [6.07, 6.45) is 2.72. The van der Waals surface area contributed by atoms with Gasteiger partial charge >= 0.3 is 5.97 Å². The van der Waals surface area contributed by atoms with Gasteiger partial charge in [-0.3, -0.25) is 9.69 Å². The number of hydrogen-bond acceptors (Lipinski definition) is 8. The number of unbranched alkanes of at least 4 members (excludes halogenated alkanes) is 1. The van der Waals surface area contributed by atoms with Gasteiger partial charge in [0.1, 0.15) is 11.3 Å². The van der Waals surface area contributed by atoms with Crippen molar-refractivity contribution < 1.29 is 31.8 Å². The van der Waals surface area contributed by atoms with Gasteiger partial charge in [0.05, 0.1) is 30.7 Å². The van der Waals surface area contributed by atoms with Gasteiger partial charge in [-0.2, -0.15) is 8.78 Å². The summed E-state index contributed by atoms with van der Waals surface area (Å²) in [5.41, 5.74) is 8.87. The molecule has 0 amide bonds. The molecule has 5 rings (SSSR count). The maximum absolute atomic E-state index is 13.9. The van der Waals surface area contributed by atoms with Crippen molar-refractivity contribution in [3.63, 3.8) is 0 Å². The molecule has 0 aliphatic carbocycles. The molecule has 9 nitrogen and oxygen atoms in total. The molecule has 13 heteroatoms. The highest BCUT2D eigenvalue weighted by atomic mass is 19.2. The van der Waals surface area contributed by atoms with Crippen LogP contribution in [-0.2, 0) is 16.0 Å². The number of pyridine rings is 1. The molecule has 0 spiro atoms. The summed E-state index contributed by atoms with van der Waals surface area (Å²) >= 11 is 0. The minimum absolute atomic E-state index is 0.0585. The van der Waals surface area contributed by atoms with E-state index in [0.717, 1.165) is 85.4 Å². The Kier molecular flexibility index (Phi) is 10.5. The number of ether oxygens (including phenoxy) is 2. The Bertz CT molecular complexity index is 1760. The van der Waals surface area contributed by atoms with Gasteiger partial charge in [0.25, 0.3) is 0 Å². The van der Waals surface area contributed by atoms with E-state index in [-0.39, 0.29) is 24.5 Å². The molecule has 1 aliphatic rings. The Morgan fingerprint density at radius 2 is 1.62 bits per heavy atom. The van der Waals surface area contributed by atoms with E-state index in [1.807, 2.05) is 6.07 Å². The molecule has 0 atom stereocenters. The van der Waals surface area contributed by atoms with E-state index in [1.165, 1.54) is 0 Å². The minimum Gasteiger partial charge on any atom is -0.420 e. The fraction of sp³-hybridized carbons (Fsp3) is 0.514. The molecular weight excluding hydrogens is 628 g/mol. The van der Waals surface area contributed by atoms with Crippen molar-refractivity contribution in [1.82, 2.24) is 19.9 Å². The lowest BCUT2D eigenvalue weighted by Gasteiger charge is -2.40. The van der Waals surface area contributed by atoms with Crippen LogP contribution in [0.15, 0.2) is 24.3 Å². The van der Waals surface area contributed by atoms with E-state index in [2.05, 4.69) is 57.4 Å². The lowest BCUT2D eigenvalue weighted by molar-refractivity contribution is -0.138. The molecule has 0 saturated carbocycles. The average Bonchev–Trinajstić information content (AvgIpc) is 3.46. The van der Waals surface area contributed by atoms with Gasteiger partial charge in [-0.1, -0.05) is 41.0 Å². The number of benzene rings is 2. The van der Waals surface area contributed by atoms with E-state index < -0.39 is 40.4 Å². The molecule has 2 aromatic carbocycles. The molecule has 0 unspecified atom stereocenters. The summed E-state index contributed by atoms with van der Waals surface area (Å²) in [4.78, 5) is 30.0. The van der Waals surface area contributed by atoms with Crippen molar-refractivity contribution in [2.45, 2.75) is 60.3 Å². The predicted molar refractivity (Wildman–Crippen MR) is 178 cm³/mol. The van der Waals surface area contributed by atoms with E-state index in [1.54, 1.807) is 13.8 Å². The average molecular weight is 673 g/mol. The zero-order chi connectivity index (χ0) is 34.8. The highest BCUT2D eigenvalue weighted by Crippen LogP contribution is 2.32. The first-order chi connectivity index (χ1) is 22.7. The van der Waals surface area contributed by atoms with E-state index in [0.29, 0.717) is 12.4 Å². The van der Waals surface area contributed by atoms with E-state index >= 15 is 0 Å². The highest BCUT2D eigenvalue weighted by Gasteiger charge is 2.30. The normalized spacial score (nSPS) is 14.7. The Morgan fingerprint density at radius 1 is 0.958 bits per heavy atom. The summed E-state index contributed by atoms with van der Waals surface area (Å²) in [5, 5.41) is 1.01. The van der Waals surface area contributed by atoms with Gasteiger partial charge in [-0.05, 0) is 30.0 Å². The molecular formula is C35H44F4N6O3. The topological polar surface area (TPSA) is 110 Å². The third-order valence-corrected chi connectivity index (χ3v) is 8.54. The lowest BCUT2D eigenvalue weighted by Crippen LogP contribution is -2.49. The van der Waals surface area contributed by atoms with E-state index in [9.17, 15) is 22.4 Å². The quantitative estimate of drug-likeness (QED) is 0.0693. The van der Waals surface area contributed by atoms with Crippen LogP contribution in [-0.4, -0.2) is 71.8 Å². The maximum Gasteiger partial charge on any atom is 0.312 e. The monoisotopic (exact) mass is 672 g/mol. The molecule has 48 heavy (non-hydrogen) atoms. The number of hydrogen-bond donors (Lipinski definition) is 2. The summed E-state index contributed by atoms with van der Waals surface area (Å²) in [6, 6.07) is 6.32. The van der Waals surface area contributed by atoms with Crippen molar-refractivity contribution in [3.05, 3.63) is 53.4 Å². The lowest BCUT2D eigenvalue weighted by atomic mass is 9.90. The first kappa shape index (κ1) is 35.3. The summed E-state index contributed by atoms with van der Waals surface area (Å²) in [7, 11) is 0. The van der Waals surface area contributed by atoms with Crippen LogP contribution < -0.4 is 15.4 Å². The summed E-state index contributed by atoms with van der Waals surface area (Å²) in [5.74, 6) is -7.86. The SMILES string of the molecule is CCCCc1nc2c(N)nc3ccc(N4CCN(CC(C)(C)COCC(C)(C)CC(=O)Oc5c(F)c(F)cc(F)c5F)CC4)cc3c2[nH]1. The number of fused-ring (bicyclic) bond motifs is 3. The van der Waals surface area contributed by atoms with Gasteiger partial charge in [0, 0.05) is 61.7 Å². The standard InChI is InChI=1S/C35H44F4N6O3/c1-6-7-8-26-42-30-22-15-21(9-10-25(22)41-33(40)31(30)43-26)45-13-11-44(12-14-45)18-35(4,5)20-47-19-34(2,3)17-27(46)48-32-28(38)23(36)16-24(37)29(32)39/h9-10,15-16H,6-8,11-14,17-20H2,1-5H3,(H2,40,41)(H,42,43). The Hall–Kier alpha value is -3.97. The number of nitrogen functional groups attached to an aromatic ring is 1. The van der Waals surface area contributed by atoms with Crippen LogP contribution in [0.1, 0.15) is 59.7 Å². The number of esters is 1. The maximum atomic E-state index is 13.9. The number of carbonyl (C=O) groups is 1. The van der Waals surface area contributed by atoms with Crippen LogP contribution in [0.2, 0.25) is 0 Å². The molecule has 1 saturated heterocycles. The fourth-order valence-corrected chi connectivity index (χ4v) is 6.12. The van der Waals surface area contributed by atoms with Gasteiger partial charge < -0.3 is 25.1 Å². The number of nitrogens with zero attached hydrogens (tertiary/aromatic N) is 4. The Balaban J connectivity index is 1.12. The zero-order valence-corrected chi connectivity index (χ0v) is 28.2. The molecule has 0 radical (unpaired) electrons. The van der Waals surface area contributed by atoms with Crippen LogP contribution in [0, 0.1) is 34.1 Å². The number of anilines is 2.